The Balaban J connectivity index is 1.93. The molecular weight excluding hydrogens is 451 g/mol. The van der Waals surface area contributed by atoms with Gasteiger partial charge in [0.05, 0.1) is 23.2 Å². The van der Waals surface area contributed by atoms with Crippen LogP contribution in [0.15, 0.2) is 34.8 Å². The van der Waals surface area contributed by atoms with Crippen LogP contribution >= 0.6 is 27.5 Å². The Bertz CT molecular complexity index is 764. The lowest BCUT2D eigenvalue weighted by Gasteiger charge is -2.15. The number of benzene rings is 2. The van der Waals surface area contributed by atoms with Gasteiger partial charge in [0.15, 0.2) is 11.5 Å². The highest BCUT2D eigenvalue weighted by atomic mass is 79.9. The van der Waals surface area contributed by atoms with E-state index in [1.807, 2.05) is 12.1 Å². The van der Waals surface area contributed by atoms with Crippen LogP contribution in [-0.2, 0) is 13.2 Å². The first-order valence-corrected chi connectivity index (χ1v) is 10.2. The van der Waals surface area contributed by atoms with Gasteiger partial charge in [0.25, 0.3) is 0 Å². The molecule has 0 saturated carbocycles. The van der Waals surface area contributed by atoms with Gasteiger partial charge in [-0.25, -0.2) is 4.39 Å². The van der Waals surface area contributed by atoms with Crippen LogP contribution < -0.4 is 20.1 Å². The Morgan fingerprint density at radius 3 is 2.64 bits per heavy atom. The Hall–Kier alpha value is -1.38. The Kier molecular flexibility index (Phi) is 10.0. The number of halogens is 3. The molecule has 2 rings (SSSR count). The van der Waals surface area contributed by atoms with Gasteiger partial charge in [-0.3, -0.25) is 0 Å². The molecule has 5 nitrogen and oxygen atoms in total. The summed E-state index contributed by atoms with van der Waals surface area (Å²) in [6.45, 7) is 3.39. The third-order valence-corrected chi connectivity index (χ3v) is 4.94. The lowest BCUT2D eigenvalue weighted by atomic mass is 10.2. The molecule has 0 amide bonds. The van der Waals surface area contributed by atoms with Crippen molar-refractivity contribution in [2.45, 2.75) is 19.6 Å². The van der Waals surface area contributed by atoms with Gasteiger partial charge in [0.2, 0.25) is 0 Å². The highest BCUT2D eigenvalue weighted by Crippen LogP contribution is 2.37. The van der Waals surface area contributed by atoms with Gasteiger partial charge in [-0.1, -0.05) is 17.7 Å². The van der Waals surface area contributed by atoms with E-state index in [0.717, 1.165) is 29.5 Å². The normalized spacial score (nSPS) is 10.9. The van der Waals surface area contributed by atoms with Crippen LogP contribution in [-0.4, -0.2) is 38.5 Å². The second kappa shape index (κ2) is 12.2. The van der Waals surface area contributed by atoms with E-state index in [9.17, 15) is 4.39 Å². The molecule has 0 aliphatic carbocycles. The number of ether oxygens (including phenoxy) is 2. The largest absolute Gasteiger partial charge is 0.493 e. The molecule has 0 fully saturated rings. The second-order valence-electron chi connectivity index (χ2n) is 6.14. The molecule has 2 aromatic carbocycles. The number of methoxy groups -OCH3 is 1. The fraction of sp³-hybridized carbons (Fsp3) is 0.400. The van der Waals surface area contributed by atoms with Gasteiger partial charge in [-0.05, 0) is 65.3 Å². The first kappa shape index (κ1) is 22.9. The SMILES string of the molecule is COc1cc(CNCCCNCCO)cc(Br)c1OCc1ccc(F)cc1Cl. The quantitative estimate of drug-likeness (QED) is 0.407. The van der Waals surface area contributed by atoms with Crippen molar-refractivity contribution in [2.24, 2.45) is 0 Å². The van der Waals surface area contributed by atoms with E-state index in [0.29, 0.717) is 35.2 Å². The van der Waals surface area contributed by atoms with Gasteiger partial charge in [-0.15, -0.1) is 0 Å². The molecule has 0 bridgehead atoms. The fourth-order valence-corrected chi connectivity index (χ4v) is 3.40. The van der Waals surface area contributed by atoms with Gasteiger partial charge in [0.1, 0.15) is 12.4 Å². The summed E-state index contributed by atoms with van der Waals surface area (Å²) in [4.78, 5) is 0. The molecule has 0 aliphatic rings. The summed E-state index contributed by atoms with van der Waals surface area (Å²) < 4.78 is 25.3. The molecule has 3 N–H and O–H groups in total. The van der Waals surface area contributed by atoms with Crippen LogP contribution in [0.1, 0.15) is 17.5 Å². The zero-order valence-corrected chi connectivity index (χ0v) is 18.1. The van der Waals surface area contributed by atoms with E-state index < -0.39 is 0 Å². The van der Waals surface area contributed by atoms with Gasteiger partial charge in [-0.2, -0.15) is 0 Å². The van der Waals surface area contributed by atoms with E-state index in [1.54, 1.807) is 13.2 Å². The Morgan fingerprint density at radius 2 is 1.93 bits per heavy atom. The third-order valence-electron chi connectivity index (χ3n) is 4.00. The number of rotatable bonds is 12. The smallest absolute Gasteiger partial charge is 0.175 e. The second-order valence-corrected chi connectivity index (χ2v) is 7.40. The minimum Gasteiger partial charge on any atom is -0.493 e. The van der Waals surface area contributed by atoms with Gasteiger partial charge < -0.3 is 25.2 Å². The number of nitrogens with one attached hydrogen (secondary N) is 2. The summed E-state index contributed by atoms with van der Waals surface area (Å²) in [5, 5.41) is 15.6. The average molecular weight is 476 g/mol. The number of aliphatic hydroxyl groups is 1. The average Bonchev–Trinajstić information content (AvgIpc) is 2.67. The van der Waals surface area contributed by atoms with Crippen molar-refractivity contribution in [3.63, 3.8) is 0 Å². The topological polar surface area (TPSA) is 62.8 Å². The summed E-state index contributed by atoms with van der Waals surface area (Å²) in [6.07, 6.45) is 0.970. The molecule has 154 valence electrons. The van der Waals surface area contributed by atoms with Crippen LogP contribution in [0.5, 0.6) is 11.5 Å². The van der Waals surface area contributed by atoms with E-state index in [2.05, 4.69) is 26.6 Å². The van der Waals surface area contributed by atoms with E-state index in [-0.39, 0.29) is 19.0 Å². The first-order valence-electron chi connectivity index (χ1n) is 9.00. The maximum Gasteiger partial charge on any atom is 0.175 e. The zero-order valence-electron chi connectivity index (χ0n) is 15.7. The predicted octanol–water partition coefficient (Wildman–Crippen LogP) is 3.89. The molecule has 0 radical (unpaired) electrons. The van der Waals surface area contributed by atoms with Crippen LogP contribution in [0.2, 0.25) is 5.02 Å². The molecule has 0 spiro atoms. The molecule has 28 heavy (non-hydrogen) atoms. The van der Waals surface area contributed by atoms with Crippen molar-refractivity contribution in [3.8, 4) is 11.5 Å². The molecule has 0 aromatic heterocycles. The van der Waals surface area contributed by atoms with Crippen molar-refractivity contribution < 1.29 is 19.0 Å². The molecule has 0 saturated heterocycles. The summed E-state index contributed by atoms with van der Waals surface area (Å²) in [5.74, 6) is 0.794. The van der Waals surface area contributed by atoms with E-state index in [1.165, 1.54) is 12.1 Å². The maximum absolute atomic E-state index is 13.2. The van der Waals surface area contributed by atoms with Crippen molar-refractivity contribution >= 4 is 27.5 Å². The van der Waals surface area contributed by atoms with Crippen molar-refractivity contribution in [2.75, 3.05) is 33.4 Å². The summed E-state index contributed by atoms with van der Waals surface area (Å²) in [7, 11) is 1.59. The lowest BCUT2D eigenvalue weighted by molar-refractivity contribution is 0.282. The highest BCUT2D eigenvalue weighted by Gasteiger charge is 2.13. The van der Waals surface area contributed by atoms with Crippen molar-refractivity contribution in [1.82, 2.24) is 10.6 Å². The number of hydrogen-bond acceptors (Lipinski definition) is 5. The summed E-state index contributed by atoms with van der Waals surface area (Å²) in [5.41, 5.74) is 1.75. The predicted molar refractivity (Wildman–Crippen MR) is 113 cm³/mol. The van der Waals surface area contributed by atoms with Crippen LogP contribution in [0.4, 0.5) is 4.39 Å². The first-order chi connectivity index (χ1) is 13.5. The van der Waals surface area contributed by atoms with E-state index in [4.69, 9.17) is 26.2 Å². The van der Waals surface area contributed by atoms with Crippen molar-refractivity contribution in [3.05, 3.63) is 56.8 Å². The Labute approximate surface area is 178 Å². The summed E-state index contributed by atoms with van der Waals surface area (Å²) in [6, 6.07) is 8.11. The zero-order chi connectivity index (χ0) is 20.4. The molecule has 2 aromatic rings. The van der Waals surface area contributed by atoms with Gasteiger partial charge >= 0.3 is 0 Å². The molecule has 0 atom stereocenters. The lowest BCUT2D eigenvalue weighted by Crippen LogP contribution is -2.23. The Morgan fingerprint density at radius 1 is 1.14 bits per heavy atom. The molecule has 0 heterocycles. The minimum atomic E-state index is -0.381. The van der Waals surface area contributed by atoms with Crippen LogP contribution in [0.25, 0.3) is 0 Å². The third kappa shape index (κ3) is 7.22. The maximum atomic E-state index is 13.2. The van der Waals surface area contributed by atoms with E-state index >= 15 is 0 Å². The highest BCUT2D eigenvalue weighted by molar-refractivity contribution is 9.10. The fourth-order valence-electron chi connectivity index (χ4n) is 2.58. The van der Waals surface area contributed by atoms with Crippen molar-refractivity contribution in [1.29, 1.82) is 0 Å². The van der Waals surface area contributed by atoms with Crippen LogP contribution in [0, 0.1) is 5.82 Å². The molecule has 0 unspecified atom stereocenters. The molecular formula is C20H25BrClFN2O3. The number of hydrogen-bond donors (Lipinski definition) is 3. The molecule has 8 heteroatoms. The van der Waals surface area contributed by atoms with Crippen LogP contribution in [0.3, 0.4) is 0 Å². The minimum absolute atomic E-state index is 0.156. The van der Waals surface area contributed by atoms with Gasteiger partial charge in [0, 0.05) is 18.7 Å². The molecule has 0 aliphatic heterocycles. The standard InChI is InChI=1S/C20H25BrClFN2O3/c1-27-19-10-14(12-25-6-2-5-24-7-8-26)9-17(21)20(19)28-13-15-3-4-16(23)11-18(15)22/h3-4,9-11,24-26H,2,5-8,12-13H2,1H3. The number of aliphatic hydroxyl groups excluding tert-OH is 1. The monoisotopic (exact) mass is 474 g/mol. The summed E-state index contributed by atoms with van der Waals surface area (Å²) >= 11 is 9.59.